The number of anilines is 2. The van der Waals surface area contributed by atoms with Crippen molar-refractivity contribution in [3.63, 3.8) is 0 Å². The fourth-order valence-electron chi connectivity index (χ4n) is 1.93. The number of nitrogens with zero attached hydrogens (tertiary/aromatic N) is 3. The van der Waals surface area contributed by atoms with E-state index in [1.807, 2.05) is 11.0 Å². The minimum Gasteiger partial charge on any atom is -0.367 e. The Hall–Kier alpha value is -1.65. The van der Waals surface area contributed by atoms with Crippen molar-refractivity contribution in [1.82, 2.24) is 9.97 Å². The van der Waals surface area contributed by atoms with Gasteiger partial charge >= 0.3 is 0 Å². The van der Waals surface area contributed by atoms with Gasteiger partial charge in [-0.3, -0.25) is 0 Å². The molecule has 0 aromatic carbocycles. The Kier molecular flexibility index (Phi) is 2.66. The second-order valence-electron chi connectivity index (χ2n) is 4.54. The molecule has 17 heavy (non-hydrogen) atoms. The lowest BCUT2D eigenvalue weighted by Crippen LogP contribution is -2.29. The number of aromatic nitrogens is 2. The van der Waals surface area contributed by atoms with Crippen molar-refractivity contribution in [3.05, 3.63) is 24.3 Å². The summed E-state index contributed by atoms with van der Waals surface area (Å²) in [4.78, 5) is 10.3. The molecule has 0 saturated heterocycles. The van der Waals surface area contributed by atoms with Crippen LogP contribution in [0.1, 0.15) is 19.3 Å². The number of hydrogen-bond donors (Lipinski definition) is 1. The van der Waals surface area contributed by atoms with Crippen LogP contribution in [0.5, 0.6) is 0 Å². The van der Waals surface area contributed by atoms with Crippen LogP contribution in [0.3, 0.4) is 0 Å². The van der Waals surface area contributed by atoms with E-state index in [-0.39, 0.29) is 5.83 Å². The molecule has 1 aromatic rings. The van der Waals surface area contributed by atoms with Gasteiger partial charge < -0.3 is 10.2 Å². The Bertz CT molecular complexity index is 442. The van der Waals surface area contributed by atoms with E-state index in [0.29, 0.717) is 12.6 Å². The van der Waals surface area contributed by atoms with Crippen molar-refractivity contribution >= 4 is 11.6 Å². The Morgan fingerprint density at radius 3 is 3.00 bits per heavy atom. The van der Waals surface area contributed by atoms with Crippen molar-refractivity contribution in [2.45, 2.75) is 25.3 Å². The van der Waals surface area contributed by atoms with E-state index in [1.54, 1.807) is 6.08 Å². The third-order valence-corrected chi connectivity index (χ3v) is 3.01. The van der Waals surface area contributed by atoms with Crippen molar-refractivity contribution in [3.8, 4) is 0 Å². The quantitative estimate of drug-likeness (QED) is 0.869. The monoisotopic (exact) mass is 234 g/mol. The van der Waals surface area contributed by atoms with Gasteiger partial charge in [-0.05, 0) is 25.3 Å². The first-order valence-electron chi connectivity index (χ1n) is 5.99. The molecule has 1 aliphatic carbocycles. The van der Waals surface area contributed by atoms with Gasteiger partial charge in [-0.2, -0.15) is 0 Å². The Morgan fingerprint density at radius 1 is 1.35 bits per heavy atom. The van der Waals surface area contributed by atoms with Crippen LogP contribution < -0.4 is 10.2 Å². The molecule has 0 spiro atoms. The van der Waals surface area contributed by atoms with Crippen LogP contribution in [0.15, 0.2) is 24.3 Å². The number of halogens is 1. The van der Waals surface area contributed by atoms with Crippen LogP contribution in [-0.4, -0.2) is 29.1 Å². The van der Waals surface area contributed by atoms with Crippen LogP contribution in [0.4, 0.5) is 16.0 Å². The maximum Gasteiger partial charge on any atom is 0.134 e. The Balaban J connectivity index is 1.75. The van der Waals surface area contributed by atoms with Gasteiger partial charge in [0.2, 0.25) is 0 Å². The Labute approximate surface area is 99.6 Å². The SMILES string of the molecule is FC1=CCCN(c2cc(NC3CC3)ncn2)C1. The van der Waals surface area contributed by atoms with Gasteiger partial charge in [-0.1, -0.05) is 0 Å². The predicted octanol–water partition coefficient (Wildman–Crippen LogP) is 2.11. The molecule has 3 rings (SSSR count). The molecule has 5 heteroatoms. The smallest absolute Gasteiger partial charge is 0.134 e. The highest BCUT2D eigenvalue weighted by Gasteiger charge is 2.22. The predicted molar refractivity (Wildman–Crippen MR) is 64.7 cm³/mol. The molecule has 2 heterocycles. The van der Waals surface area contributed by atoms with Gasteiger partial charge in [-0.25, -0.2) is 14.4 Å². The molecule has 2 aliphatic rings. The Morgan fingerprint density at radius 2 is 2.24 bits per heavy atom. The summed E-state index contributed by atoms with van der Waals surface area (Å²) in [6.45, 7) is 1.13. The standard InChI is InChI=1S/C12H15FN4/c13-9-2-1-5-17(7-9)12-6-11(14-8-15-12)16-10-3-4-10/h2,6,8,10H,1,3-5,7H2,(H,14,15,16). The first kappa shape index (κ1) is 10.5. The van der Waals surface area contributed by atoms with Crippen LogP contribution >= 0.6 is 0 Å². The van der Waals surface area contributed by atoms with E-state index >= 15 is 0 Å². The highest BCUT2D eigenvalue weighted by Crippen LogP contribution is 2.25. The van der Waals surface area contributed by atoms with E-state index in [9.17, 15) is 4.39 Å². The first-order chi connectivity index (χ1) is 8.31. The van der Waals surface area contributed by atoms with E-state index in [0.717, 1.165) is 24.6 Å². The van der Waals surface area contributed by atoms with Gasteiger partial charge in [0.15, 0.2) is 0 Å². The van der Waals surface area contributed by atoms with Crippen LogP contribution in [-0.2, 0) is 0 Å². The molecule has 0 bridgehead atoms. The molecule has 0 atom stereocenters. The molecular weight excluding hydrogens is 219 g/mol. The van der Waals surface area contributed by atoms with E-state index in [2.05, 4.69) is 15.3 Å². The average molecular weight is 234 g/mol. The summed E-state index contributed by atoms with van der Waals surface area (Å²) in [5, 5.41) is 3.32. The molecule has 1 saturated carbocycles. The zero-order valence-electron chi connectivity index (χ0n) is 9.56. The minimum atomic E-state index is -0.0773. The second kappa shape index (κ2) is 4.31. The summed E-state index contributed by atoms with van der Waals surface area (Å²) in [6.07, 6.45) is 6.33. The third-order valence-electron chi connectivity index (χ3n) is 3.01. The molecule has 4 nitrogen and oxygen atoms in total. The van der Waals surface area contributed by atoms with Crippen molar-refractivity contribution in [1.29, 1.82) is 0 Å². The summed E-state index contributed by atoms with van der Waals surface area (Å²) >= 11 is 0. The van der Waals surface area contributed by atoms with Crippen LogP contribution in [0, 0.1) is 0 Å². The lowest BCUT2D eigenvalue weighted by molar-refractivity contribution is 0.572. The molecule has 1 aliphatic heterocycles. The summed E-state index contributed by atoms with van der Waals surface area (Å²) in [6, 6.07) is 2.47. The fourth-order valence-corrected chi connectivity index (χ4v) is 1.93. The van der Waals surface area contributed by atoms with Crippen LogP contribution in [0.2, 0.25) is 0 Å². The van der Waals surface area contributed by atoms with Gasteiger partial charge in [0.05, 0.1) is 6.54 Å². The molecule has 1 N–H and O–H groups in total. The zero-order chi connectivity index (χ0) is 11.7. The lowest BCUT2D eigenvalue weighted by Gasteiger charge is -2.25. The summed E-state index contributed by atoms with van der Waals surface area (Å²) in [7, 11) is 0. The molecule has 0 amide bonds. The summed E-state index contributed by atoms with van der Waals surface area (Å²) in [5.74, 6) is 1.56. The maximum absolute atomic E-state index is 13.2. The number of nitrogens with one attached hydrogen (secondary N) is 1. The lowest BCUT2D eigenvalue weighted by atomic mass is 10.2. The minimum absolute atomic E-state index is 0.0773. The van der Waals surface area contributed by atoms with Crippen molar-refractivity contribution < 1.29 is 4.39 Å². The number of rotatable bonds is 3. The molecule has 90 valence electrons. The molecule has 1 fully saturated rings. The first-order valence-corrected chi connectivity index (χ1v) is 5.99. The molecule has 1 aromatic heterocycles. The summed E-state index contributed by atoms with van der Waals surface area (Å²) in [5.41, 5.74) is 0. The average Bonchev–Trinajstić information content (AvgIpc) is 3.13. The van der Waals surface area contributed by atoms with Gasteiger partial charge in [0.1, 0.15) is 23.8 Å². The van der Waals surface area contributed by atoms with Gasteiger partial charge in [0, 0.05) is 18.7 Å². The molecular formula is C12H15FN4. The summed E-state index contributed by atoms with van der Waals surface area (Å²) < 4.78 is 13.2. The van der Waals surface area contributed by atoms with E-state index < -0.39 is 0 Å². The van der Waals surface area contributed by atoms with Gasteiger partial charge in [-0.15, -0.1) is 0 Å². The third kappa shape index (κ3) is 2.54. The highest BCUT2D eigenvalue weighted by atomic mass is 19.1. The van der Waals surface area contributed by atoms with E-state index in [1.165, 1.54) is 19.2 Å². The van der Waals surface area contributed by atoms with Gasteiger partial charge in [0.25, 0.3) is 0 Å². The highest BCUT2D eigenvalue weighted by molar-refractivity contribution is 5.50. The number of hydrogen-bond acceptors (Lipinski definition) is 4. The van der Waals surface area contributed by atoms with Crippen LogP contribution in [0.25, 0.3) is 0 Å². The fraction of sp³-hybridized carbons (Fsp3) is 0.500. The molecule has 0 radical (unpaired) electrons. The zero-order valence-corrected chi connectivity index (χ0v) is 9.56. The second-order valence-corrected chi connectivity index (χ2v) is 4.54. The maximum atomic E-state index is 13.2. The molecule has 0 unspecified atom stereocenters. The van der Waals surface area contributed by atoms with E-state index in [4.69, 9.17) is 0 Å². The van der Waals surface area contributed by atoms with Crippen molar-refractivity contribution in [2.24, 2.45) is 0 Å². The van der Waals surface area contributed by atoms with Crippen molar-refractivity contribution in [2.75, 3.05) is 23.3 Å². The normalized spacial score (nSPS) is 20.1. The topological polar surface area (TPSA) is 41.0 Å². The largest absolute Gasteiger partial charge is 0.367 e.